The number of carbonyl (C=O) groups excluding carboxylic acids is 1. The van der Waals surface area contributed by atoms with Gasteiger partial charge in [-0.1, -0.05) is 12.1 Å². The Morgan fingerprint density at radius 3 is 2.60 bits per heavy atom. The summed E-state index contributed by atoms with van der Waals surface area (Å²) in [6, 6.07) is 9.90. The number of amides is 2. The maximum Gasteiger partial charge on any atom is 0.315 e. The van der Waals surface area contributed by atoms with Gasteiger partial charge < -0.3 is 15.6 Å². The Labute approximate surface area is 116 Å². The first-order chi connectivity index (χ1) is 9.68. The molecule has 3 N–H and O–H groups in total. The fraction of sp³-hybridized carbons (Fsp3) is 0.267. The minimum absolute atomic E-state index is 0.207. The van der Waals surface area contributed by atoms with Crippen molar-refractivity contribution in [3.63, 3.8) is 0 Å². The first kappa shape index (κ1) is 12.7. The van der Waals surface area contributed by atoms with E-state index >= 15 is 0 Å². The zero-order valence-electron chi connectivity index (χ0n) is 10.9. The lowest BCUT2D eigenvalue weighted by molar-refractivity contribution is 0.235. The van der Waals surface area contributed by atoms with Crippen LogP contribution >= 0.6 is 0 Å². The Hall–Kier alpha value is -2.30. The van der Waals surface area contributed by atoms with Crippen molar-refractivity contribution in [2.45, 2.75) is 24.9 Å². The molecular weight excluding hydrogens is 257 g/mol. The zero-order valence-corrected chi connectivity index (χ0v) is 10.9. The molecule has 104 valence electrons. The highest BCUT2D eigenvalue weighted by Crippen LogP contribution is 2.45. The fourth-order valence-electron chi connectivity index (χ4n) is 2.29. The highest BCUT2D eigenvalue weighted by molar-refractivity contribution is 5.75. The van der Waals surface area contributed by atoms with Gasteiger partial charge in [0.1, 0.15) is 5.82 Å². The number of H-pyrrole nitrogens is 1. The zero-order chi connectivity index (χ0) is 14.0. The quantitative estimate of drug-likeness (QED) is 0.788. The van der Waals surface area contributed by atoms with Gasteiger partial charge in [-0.15, -0.1) is 0 Å². The van der Waals surface area contributed by atoms with Crippen LogP contribution in [0.25, 0.3) is 0 Å². The van der Waals surface area contributed by atoms with E-state index in [1.807, 2.05) is 18.3 Å². The third-order valence-corrected chi connectivity index (χ3v) is 3.60. The fourth-order valence-corrected chi connectivity index (χ4v) is 2.29. The largest absolute Gasteiger partial charge is 0.364 e. The minimum atomic E-state index is -0.326. The highest BCUT2D eigenvalue weighted by atomic mass is 19.1. The number of carbonyl (C=O) groups is 1. The van der Waals surface area contributed by atoms with Gasteiger partial charge in [0, 0.05) is 11.9 Å². The molecule has 0 atom stereocenters. The van der Waals surface area contributed by atoms with Crippen LogP contribution in [0, 0.1) is 5.82 Å². The normalized spacial score (nSPS) is 15.7. The third kappa shape index (κ3) is 2.66. The van der Waals surface area contributed by atoms with E-state index in [1.54, 1.807) is 12.1 Å². The van der Waals surface area contributed by atoms with Crippen LogP contribution in [0.3, 0.4) is 0 Å². The van der Waals surface area contributed by atoms with Crippen molar-refractivity contribution >= 4 is 6.03 Å². The summed E-state index contributed by atoms with van der Waals surface area (Å²) in [5.74, 6) is -0.263. The van der Waals surface area contributed by atoms with E-state index in [4.69, 9.17) is 0 Å². The topological polar surface area (TPSA) is 56.9 Å². The van der Waals surface area contributed by atoms with E-state index in [1.165, 1.54) is 12.1 Å². The van der Waals surface area contributed by atoms with E-state index in [0.717, 1.165) is 24.1 Å². The molecule has 0 bridgehead atoms. The molecule has 1 saturated carbocycles. The van der Waals surface area contributed by atoms with Crippen LogP contribution in [0.4, 0.5) is 9.18 Å². The van der Waals surface area contributed by atoms with E-state index < -0.39 is 0 Å². The van der Waals surface area contributed by atoms with Crippen LogP contribution in [-0.2, 0) is 12.1 Å². The SMILES string of the molecule is O=C(NCc1ccc[nH]1)NC1(c2ccc(F)cc2)CC1. The predicted octanol–water partition coefficient (Wildman–Crippen LogP) is 2.64. The van der Waals surface area contributed by atoms with Crippen molar-refractivity contribution in [2.75, 3.05) is 0 Å². The molecule has 1 aliphatic carbocycles. The molecular formula is C15H16FN3O. The predicted molar refractivity (Wildman–Crippen MR) is 73.5 cm³/mol. The second-order valence-corrected chi connectivity index (χ2v) is 5.09. The van der Waals surface area contributed by atoms with Gasteiger partial charge in [0.25, 0.3) is 0 Å². The summed E-state index contributed by atoms with van der Waals surface area (Å²) >= 11 is 0. The number of hydrogen-bond donors (Lipinski definition) is 3. The van der Waals surface area contributed by atoms with Gasteiger partial charge in [-0.3, -0.25) is 0 Å². The second kappa shape index (κ2) is 5.00. The van der Waals surface area contributed by atoms with Gasteiger partial charge >= 0.3 is 6.03 Å². The van der Waals surface area contributed by atoms with Crippen molar-refractivity contribution in [2.24, 2.45) is 0 Å². The molecule has 5 heteroatoms. The van der Waals surface area contributed by atoms with Crippen LogP contribution in [0.5, 0.6) is 0 Å². The average molecular weight is 273 g/mol. The van der Waals surface area contributed by atoms with Crippen LogP contribution < -0.4 is 10.6 Å². The summed E-state index contributed by atoms with van der Waals surface area (Å²) in [4.78, 5) is 14.9. The maximum atomic E-state index is 12.9. The molecule has 0 radical (unpaired) electrons. The van der Waals surface area contributed by atoms with Crippen molar-refractivity contribution < 1.29 is 9.18 Å². The number of nitrogens with one attached hydrogen (secondary N) is 3. The van der Waals surface area contributed by atoms with E-state index in [2.05, 4.69) is 15.6 Å². The molecule has 3 rings (SSSR count). The molecule has 0 saturated heterocycles. The molecule has 1 aromatic carbocycles. The van der Waals surface area contributed by atoms with Gasteiger partial charge in [0.15, 0.2) is 0 Å². The molecule has 0 aliphatic heterocycles. The molecule has 4 nitrogen and oxygen atoms in total. The summed E-state index contributed by atoms with van der Waals surface area (Å²) in [7, 11) is 0. The Balaban J connectivity index is 1.59. The molecule has 2 amide bonds. The Morgan fingerprint density at radius 2 is 2.00 bits per heavy atom. The lowest BCUT2D eigenvalue weighted by atomic mass is 10.1. The first-order valence-electron chi connectivity index (χ1n) is 6.62. The van der Waals surface area contributed by atoms with Crippen molar-refractivity contribution in [1.29, 1.82) is 0 Å². The Morgan fingerprint density at radius 1 is 1.25 bits per heavy atom. The number of benzene rings is 1. The number of urea groups is 1. The van der Waals surface area contributed by atoms with Crippen LogP contribution in [-0.4, -0.2) is 11.0 Å². The number of hydrogen-bond acceptors (Lipinski definition) is 1. The van der Waals surface area contributed by atoms with Crippen LogP contribution in [0.1, 0.15) is 24.1 Å². The van der Waals surface area contributed by atoms with Crippen molar-refractivity contribution in [3.8, 4) is 0 Å². The minimum Gasteiger partial charge on any atom is -0.364 e. The van der Waals surface area contributed by atoms with Crippen LogP contribution in [0.15, 0.2) is 42.6 Å². The van der Waals surface area contributed by atoms with Crippen LogP contribution in [0.2, 0.25) is 0 Å². The molecule has 0 spiro atoms. The average Bonchev–Trinajstić information content (AvgIpc) is 3.03. The Kier molecular flexibility index (Phi) is 3.18. The molecule has 0 unspecified atom stereocenters. The molecule has 20 heavy (non-hydrogen) atoms. The lowest BCUT2D eigenvalue weighted by Gasteiger charge is -2.18. The molecule has 1 aliphatic rings. The van der Waals surface area contributed by atoms with E-state index in [0.29, 0.717) is 6.54 Å². The van der Waals surface area contributed by atoms with Gasteiger partial charge in [-0.25, -0.2) is 9.18 Å². The maximum absolute atomic E-state index is 12.9. The number of aromatic nitrogens is 1. The smallest absolute Gasteiger partial charge is 0.315 e. The van der Waals surface area contributed by atoms with Gasteiger partial charge in [-0.2, -0.15) is 0 Å². The molecule has 1 fully saturated rings. The summed E-state index contributed by atoms with van der Waals surface area (Å²) in [6.07, 6.45) is 3.58. The molecule has 1 aromatic heterocycles. The summed E-state index contributed by atoms with van der Waals surface area (Å²) in [6.45, 7) is 0.457. The number of halogens is 1. The van der Waals surface area contributed by atoms with Gasteiger partial charge in [0.05, 0.1) is 12.1 Å². The summed E-state index contributed by atoms with van der Waals surface area (Å²) < 4.78 is 12.9. The van der Waals surface area contributed by atoms with Gasteiger partial charge in [0.2, 0.25) is 0 Å². The highest BCUT2D eigenvalue weighted by Gasteiger charge is 2.45. The number of rotatable bonds is 4. The number of aromatic amines is 1. The molecule has 2 aromatic rings. The molecule has 1 heterocycles. The van der Waals surface area contributed by atoms with E-state index in [9.17, 15) is 9.18 Å². The monoisotopic (exact) mass is 273 g/mol. The standard InChI is InChI=1S/C15H16FN3O/c16-12-5-3-11(4-6-12)15(7-8-15)19-14(20)18-10-13-2-1-9-17-13/h1-6,9,17H,7-8,10H2,(H2,18,19,20). The Bertz CT molecular complexity index is 588. The first-order valence-corrected chi connectivity index (χ1v) is 6.62. The van der Waals surface area contributed by atoms with E-state index in [-0.39, 0.29) is 17.4 Å². The van der Waals surface area contributed by atoms with Crippen molar-refractivity contribution in [1.82, 2.24) is 15.6 Å². The van der Waals surface area contributed by atoms with Crippen molar-refractivity contribution in [3.05, 3.63) is 59.7 Å². The summed E-state index contributed by atoms with van der Waals surface area (Å²) in [5, 5.41) is 5.79. The van der Waals surface area contributed by atoms with Gasteiger partial charge in [-0.05, 0) is 42.7 Å². The third-order valence-electron chi connectivity index (χ3n) is 3.60. The second-order valence-electron chi connectivity index (χ2n) is 5.09. The summed E-state index contributed by atoms with van der Waals surface area (Å²) in [5.41, 5.74) is 1.58. The lowest BCUT2D eigenvalue weighted by Crippen LogP contribution is -2.41.